The van der Waals surface area contributed by atoms with Gasteiger partial charge in [-0.25, -0.2) is 9.69 Å². The van der Waals surface area contributed by atoms with Gasteiger partial charge in [-0.2, -0.15) is 0 Å². The smallest absolute Gasteiger partial charge is 0.335 e. The first kappa shape index (κ1) is 24.7. The molecule has 0 saturated carbocycles. The van der Waals surface area contributed by atoms with Crippen LogP contribution >= 0.6 is 27.5 Å². The van der Waals surface area contributed by atoms with Crippen LogP contribution in [0.5, 0.6) is 5.75 Å². The average molecular weight is 554 g/mol. The molecular formula is C27H22BrClN2O4. The van der Waals surface area contributed by atoms with E-state index in [4.69, 9.17) is 16.3 Å². The normalized spacial score (nSPS) is 14.9. The van der Waals surface area contributed by atoms with Crippen molar-refractivity contribution < 1.29 is 19.1 Å². The maximum Gasteiger partial charge on any atom is 0.335 e. The summed E-state index contributed by atoms with van der Waals surface area (Å²) in [5.74, 6) is -0.965. The quantitative estimate of drug-likeness (QED) is 0.311. The summed E-state index contributed by atoms with van der Waals surface area (Å²) in [6, 6.07) is 15.6. The molecule has 0 bridgehead atoms. The maximum absolute atomic E-state index is 13.2. The fourth-order valence-corrected chi connectivity index (χ4v) is 4.53. The lowest BCUT2D eigenvalue weighted by atomic mass is 10.00. The summed E-state index contributed by atoms with van der Waals surface area (Å²) in [5.41, 5.74) is 4.44. The van der Waals surface area contributed by atoms with Gasteiger partial charge in [0, 0.05) is 21.5 Å². The lowest BCUT2D eigenvalue weighted by Crippen LogP contribution is -2.54. The molecule has 1 N–H and O–H groups in total. The fraction of sp³-hybridized carbons (Fsp3) is 0.148. The van der Waals surface area contributed by atoms with E-state index in [1.165, 1.54) is 13.2 Å². The van der Waals surface area contributed by atoms with Crippen LogP contribution in [-0.4, -0.2) is 25.0 Å². The van der Waals surface area contributed by atoms with Gasteiger partial charge in [0.2, 0.25) is 0 Å². The number of nitrogens with one attached hydrogen (secondary N) is 1. The van der Waals surface area contributed by atoms with Crippen molar-refractivity contribution in [1.82, 2.24) is 5.32 Å². The highest BCUT2D eigenvalue weighted by atomic mass is 79.9. The molecule has 4 amide bonds. The molecule has 35 heavy (non-hydrogen) atoms. The van der Waals surface area contributed by atoms with Crippen LogP contribution in [0.25, 0.3) is 6.08 Å². The predicted molar refractivity (Wildman–Crippen MR) is 140 cm³/mol. The summed E-state index contributed by atoms with van der Waals surface area (Å²) >= 11 is 10.2. The monoisotopic (exact) mass is 552 g/mol. The van der Waals surface area contributed by atoms with Crippen LogP contribution in [-0.2, 0) is 16.0 Å². The second-order valence-electron chi connectivity index (χ2n) is 8.18. The predicted octanol–water partition coefficient (Wildman–Crippen LogP) is 5.99. The highest BCUT2D eigenvalue weighted by molar-refractivity contribution is 9.10. The number of imide groups is 2. The molecule has 1 heterocycles. The van der Waals surface area contributed by atoms with E-state index in [0.29, 0.717) is 28.4 Å². The van der Waals surface area contributed by atoms with Gasteiger partial charge in [0.25, 0.3) is 11.8 Å². The number of carbonyl (C=O) groups is 3. The Kier molecular flexibility index (Phi) is 7.10. The molecule has 1 aliphatic heterocycles. The molecule has 1 aliphatic rings. The summed E-state index contributed by atoms with van der Waals surface area (Å²) in [6.45, 7) is 3.82. The molecule has 0 unspecified atom stereocenters. The first-order valence-corrected chi connectivity index (χ1v) is 11.9. The molecule has 0 atom stereocenters. The Balaban J connectivity index is 1.72. The highest BCUT2D eigenvalue weighted by Crippen LogP contribution is 2.34. The molecule has 3 aromatic carbocycles. The van der Waals surface area contributed by atoms with E-state index in [0.717, 1.165) is 31.6 Å². The number of carbonyl (C=O) groups excluding carboxylic acids is 3. The van der Waals surface area contributed by atoms with Crippen molar-refractivity contribution in [1.29, 1.82) is 0 Å². The number of urea groups is 1. The third-order valence-corrected chi connectivity index (χ3v) is 6.99. The molecule has 178 valence electrons. The number of nitrogens with zero attached hydrogens (tertiary/aromatic N) is 1. The second kappa shape index (κ2) is 10.1. The molecule has 4 rings (SSSR count). The molecule has 0 aliphatic carbocycles. The summed E-state index contributed by atoms with van der Waals surface area (Å²) in [5, 5.41) is 2.67. The van der Waals surface area contributed by atoms with Gasteiger partial charge >= 0.3 is 6.03 Å². The first-order chi connectivity index (χ1) is 16.7. The number of benzene rings is 3. The van der Waals surface area contributed by atoms with E-state index in [1.807, 2.05) is 44.2 Å². The van der Waals surface area contributed by atoms with Crippen LogP contribution in [0.4, 0.5) is 10.5 Å². The number of amides is 4. The van der Waals surface area contributed by atoms with E-state index in [1.54, 1.807) is 24.3 Å². The summed E-state index contributed by atoms with van der Waals surface area (Å²) < 4.78 is 6.52. The van der Waals surface area contributed by atoms with Crippen molar-refractivity contribution >= 4 is 57.1 Å². The van der Waals surface area contributed by atoms with Crippen LogP contribution in [0.15, 0.2) is 64.6 Å². The number of methoxy groups -OCH3 is 1. The fourth-order valence-electron chi connectivity index (χ4n) is 3.82. The Morgan fingerprint density at radius 3 is 2.46 bits per heavy atom. The maximum atomic E-state index is 13.2. The lowest BCUT2D eigenvalue weighted by Gasteiger charge is -2.27. The second-order valence-corrected chi connectivity index (χ2v) is 9.44. The van der Waals surface area contributed by atoms with E-state index in [9.17, 15) is 14.4 Å². The number of rotatable bonds is 5. The van der Waals surface area contributed by atoms with Crippen molar-refractivity contribution in [2.45, 2.75) is 20.3 Å². The zero-order chi connectivity index (χ0) is 25.3. The minimum absolute atomic E-state index is 0.181. The zero-order valence-corrected chi connectivity index (χ0v) is 21.7. The Hall–Kier alpha value is -3.42. The molecule has 8 heteroatoms. The molecule has 6 nitrogen and oxygen atoms in total. The number of hydrogen-bond acceptors (Lipinski definition) is 4. The molecule has 1 fully saturated rings. The Morgan fingerprint density at radius 2 is 1.77 bits per heavy atom. The summed E-state index contributed by atoms with van der Waals surface area (Å²) in [6.07, 6.45) is 1.93. The number of aryl methyl sites for hydroxylation is 2. The Labute approximate surface area is 216 Å². The van der Waals surface area contributed by atoms with E-state index in [2.05, 4.69) is 21.2 Å². The van der Waals surface area contributed by atoms with Crippen molar-refractivity contribution in [3.63, 3.8) is 0 Å². The number of ether oxygens (including phenoxy) is 1. The molecular weight excluding hydrogens is 532 g/mol. The molecule has 3 aromatic rings. The first-order valence-electron chi connectivity index (χ1n) is 10.8. The van der Waals surface area contributed by atoms with Gasteiger partial charge < -0.3 is 4.74 Å². The van der Waals surface area contributed by atoms with Gasteiger partial charge in [-0.3, -0.25) is 14.9 Å². The van der Waals surface area contributed by atoms with Gasteiger partial charge in [0.15, 0.2) is 0 Å². The van der Waals surface area contributed by atoms with Gasteiger partial charge in [0.05, 0.1) is 12.8 Å². The van der Waals surface area contributed by atoms with Crippen LogP contribution in [0.1, 0.15) is 27.8 Å². The number of hydrogen-bond donors (Lipinski definition) is 1. The van der Waals surface area contributed by atoms with Gasteiger partial charge in [-0.1, -0.05) is 51.8 Å². The van der Waals surface area contributed by atoms with E-state index < -0.39 is 17.8 Å². The van der Waals surface area contributed by atoms with E-state index >= 15 is 0 Å². The average Bonchev–Trinajstić information content (AvgIpc) is 2.81. The highest BCUT2D eigenvalue weighted by Gasteiger charge is 2.37. The Bertz CT molecular complexity index is 1400. The van der Waals surface area contributed by atoms with Crippen molar-refractivity contribution in [3.8, 4) is 5.75 Å². The number of anilines is 1. The van der Waals surface area contributed by atoms with Crippen molar-refractivity contribution in [3.05, 3.63) is 97.5 Å². The molecule has 0 aromatic heterocycles. The van der Waals surface area contributed by atoms with E-state index in [-0.39, 0.29) is 5.57 Å². The van der Waals surface area contributed by atoms with Crippen LogP contribution < -0.4 is 15.0 Å². The van der Waals surface area contributed by atoms with Gasteiger partial charge in [-0.15, -0.1) is 0 Å². The third-order valence-electron chi connectivity index (χ3n) is 5.88. The standard InChI is InChI=1S/C27H22BrClN2O4/c1-15-8-9-19(10-16(15)2)31-26(33)21(25(32)30-27(31)34)11-17-12-23(29)20(24(13-17)35-3)14-18-6-4-5-7-22(18)28/h4-13H,14H2,1-3H3,(H,30,32,34)/b21-11+. The topological polar surface area (TPSA) is 75.7 Å². The van der Waals surface area contributed by atoms with Crippen LogP contribution in [0.2, 0.25) is 5.02 Å². The van der Waals surface area contributed by atoms with Gasteiger partial charge in [-0.05, 0) is 72.5 Å². The van der Waals surface area contributed by atoms with Crippen LogP contribution in [0.3, 0.4) is 0 Å². The summed E-state index contributed by atoms with van der Waals surface area (Å²) in [4.78, 5) is 39.3. The molecule has 0 spiro atoms. The van der Waals surface area contributed by atoms with Gasteiger partial charge in [0.1, 0.15) is 11.3 Å². The van der Waals surface area contributed by atoms with Crippen molar-refractivity contribution in [2.75, 3.05) is 12.0 Å². The third kappa shape index (κ3) is 5.01. The number of barbiturate groups is 1. The largest absolute Gasteiger partial charge is 0.496 e. The van der Waals surface area contributed by atoms with Crippen molar-refractivity contribution in [2.24, 2.45) is 0 Å². The minimum atomic E-state index is -0.792. The molecule has 1 saturated heterocycles. The summed E-state index contributed by atoms with van der Waals surface area (Å²) in [7, 11) is 1.53. The minimum Gasteiger partial charge on any atom is -0.496 e. The molecule has 0 radical (unpaired) electrons. The number of halogens is 2. The SMILES string of the molecule is COc1cc(/C=C2\C(=O)NC(=O)N(c3ccc(C)c(C)c3)C2=O)cc(Cl)c1Cc1ccccc1Br. The zero-order valence-electron chi connectivity index (χ0n) is 19.3. The Morgan fingerprint density at radius 1 is 1.03 bits per heavy atom. The van der Waals surface area contributed by atoms with Crippen LogP contribution in [0, 0.1) is 13.8 Å². The lowest BCUT2D eigenvalue weighted by molar-refractivity contribution is -0.122.